The van der Waals surface area contributed by atoms with Crippen molar-refractivity contribution in [1.29, 1.82) is 0 Å². The Morgan fingerprint density at radius 2 is 2.24 bits per heavy atom. The molecule has 1 aliphatic rings. The maximum atomic E-state index is 12.8. The molecule has 1 atom stereocenters. The second-order valence-corrected chi connectivity index (χ2v) is 7.50. The maximum Gasteiger partial charge on any atom is 0.243 e. The van der Waals surface area contributed by atoms with Gasteiger partial charge in [-0.3, -0.25) is 0 Å². The fraction of sp³-hybridized carbons (Fsp3) is 0.500. The first kappa shape index (κ1) is 16.4. The second kappa shape index (κ2) is 6.83. The van der Waals surface area contributed by atoms with Crippen LogP contribution in [0.3, 0.4) is 0 Å². The zero-order chi connectivity index (χ0) is 15.5. The molecule has 3 N–H and O–H groups in total. The quantitative estimate of drug-likeness (QED) is 0.768. The van der Waals surface area contributed by atoms with E-state index >= 15 is 0 Å². The van der Waals surface area contributed by atoms with E-state index in [0.717, 1.165) is 12.8 Å². The van der Waals surface area contributed by atoms with E-state index in [9.17, 15) is 8.42 Å². The van der Waals surface area contributed by atoms with Crippen LogP contribution in [-0.4, -0.2) is 42.0 Å². The summed E-state index contributed by atoms with van der Waals surface area (Å²) in [6.07, 6.45) is 2.99. The van der Waals surface area contributed by atoms with Crippen LogP contribution in [0.4, 0.5) is 0 Å². The van der Waals surface area contributed by atoms with Gasteiger partial charge in [0.2, 0.25) is 10.0 Å². The van der Waals surface area contributed by atoms with E-state index in [-0.39, 0.29) is 22.5 Å². The summed E-state index contributed by atoms with van der Waals surface area (Å²) in [6, 6.07) is 6.42. The Morgan fingerprint density at radius 1 is 1.48 bits per heavy atom. The Bertz CT molecular complexity index is 616. The minimum atomic E-state index is -3.54. The highest BCUT2D eigenvalue weighted by Crippen LogP contribution is 2.28. The normalized spacial score (nSPS) is 19.8. The van der Waals surface area contributed by atoms with Crippen molar-refractivity contribution in [3.05, 3.63) is 29.8 Å². The molecule has 0 spiro atoms. The second-order valence-electron chi connectivity index (χ2n) is 5.17. The minimum absolute atomic E-state index is 0.0318. The van der Waals surface area contributed by atoms with Crippen LogP contribution in [0.1, 0.15) is 31.2 Å². The molecule has 0 bridgehead atoms. The van der Waals surface area contributed by atoms with Gasteiger partial charge in [-0.05, 0) is 37.8 Å². The topological polar surface area (TPSA) is 83.6 Å². The van der Waals surface area contributed by atoms with Gasteiger partial charge in [-0.25, -0.2) is 8.42 Å². The summed E-state index contributed by atoms with van der Waals surface area (Å²) < 4.78 is 27.1. The number of hydrogen-bond acceptors (Lipinski definition) is 4. The molecule has 1 fully saturated rings. The van der Waals surface area contributed by atoms with Crippen LogP contribution in [0.15, 0.2) is 29.2 Å². The van der Waals surface area contributed by atoms with Crippen molar-refractivity contribution in [2.75, 3.05) is 13.2 Å². The van der Waals surface area contributed by atoms with Crippen LogP contribution in [0.5, 0.6) is 0 Å². The third-order valence-corrected chi connectivity index (χ3v) is 5.93. The number of benzene rings is 1. The smallest absolute Gasteiger partial charge is 0.243 e. The molecule has 0 aromatic heterocycles. The van der Waals surface area contributed by atoms with Crippen molar-refractivity contribution in [3.63, 3.8) is 0 Å². The van der Waals surface area contributed by atoms with Gasteiger partial charge in [-0.15, -0.1) is 0 Å². The zero-order valence-corrected chi connectivity index (χ0v) is 13.4. The molecule has 2 rings (SSSR count). The molecule has 1 unspecified atom stereocenters. The van der Waals surface area contributed by atoms with Gasteiger partial charge < -0.3 is 10.8 Å². The van der Waals surface area contributed by atoms with E-state index in [1.54, 1.807) is 22.5 Å². The molecule has 1 aliphatic heterocycles. The van der Waals surface area contributed by atoms with Gasteiger partial charge in [0.1, 0.15) is 4.99 Å². The average Bonchev–Trinajstić information content (AvgIpc) is 2.94. The first-order valence-electron chi connectivity index (χ1n) is 6.99. The minimum Gasteiger partial charge on any atom is -0.396 e. The Morgan fingerprint density at radius 3 is 2.90 bits per heavy atom. The van der Waals surface area contributed by atoms with Gasteiger partial charge in [0.15, 0.2) is 0 Å². The SMILES string of the molecule is NC(=S)c1cccc(S(=O)(=O)N2CCCC2CCCO)c1. The summed E-state index contributed by atoms with van der Waals surface area (Å²) in [5.74, 6) is 0. The van der Waals surface area contributed by atoms with Crippen molar-refractivity contribution in [3.8, 4) is 0 Å². The fourth-order valence-electron chi connectivity index (χ4n) is 2.69. The number of aliphatic hydroxyl groups is 1. The number of nitrogens with two attached hydrogens (primary N) is 1. The van der Waals surface area contributed by atoms with E-state index in [2.05, 4.69) is 0 Å². The van der Waals surface area contributed by atoms with E-state index in [0.29, 0.717) is 24.9 Å². The predicted molar refractivity (Wildman–Crippen MR) is 85.6 cm³/mol. The van der Waals surface area contributed by atoms with Gasteiger partial charge in [0.05, 0.1) is 4.90 Å². The highest BCUT2D eigenvalue weighted by molar-refractivity contribution is 7.89. The highest BCUT2D eigenvalue weighted by atomic mass is 32.2. The van der Waals surface area contributed by atoms with Crippen LogP contribution in [0.2, 0.25) is 0 Å². The van der Waals surface area contributed by atoms with Gasteiger partial charge in [0.25, 0.3) is 0 Å². The molecule has 21 heavy (non-hydrogen) atoms. The van der Waals surface area contributed by atoms with Gasteiger partial charge in [0, 0.05) is 24.8 Å². The number of thiocarbonyl (C=S) groups is 1. The lowest BCUT2D eigenvalue weighted by Gasteiger charge is -2.24. The average molecular weight is 328 g/mol. The maximum absolute atomic E-state index is 12.8. The molecular formula is C14H20N2O3S2. The van der Waals surface area contributed by atoms with Gasteiger partial charge in [-0.2, -0.15) is 4.31 Å². The molecule has 0 saturated carbocycles. The zero-order valence-electron chi connectivity index (χ0n) is 11.7. The van der Waals surface area contributed by atoms with E-state index in [1.807, 2.05) is 0 Å². The Balaban J connectivity index is 2.28. The molecule has 0 aliphatic carbocycles. The standard InChI is InChI=1S/C14H20N2O3S2/c15-14(20)11-4-1-7-13(10-11)21(18,19)16-8-2-5-12(16)6-3-9-17/h1,4,7,10,12,17H,2-3,5-6,8-9H2,(H2,15,20). The summed E-state index contributed by atoms with van der Waals surface area (Å²) in [5, 5.41) is 8.93. The van der Waals surface area contributed by atoms with Crippen LogP contribution in [0.25, 0.3) is 0 Å². The summed E-state index contributed by atoms with van der Waals surface area (Å²) in [6.45, 7) is 0.608. The number of aliphatic hydroxyl groups excluding tert-OH is 1. The molecule has 5 nitrogen and oxygen atoms in total. The number of nitrogens with zero attached hydrogens (tertiary/aromatic N) is 1. The van der Waals surface area contributed by atoms with Crippen molar-refractivity contribution < 1.29 is 13.5 Å². The lowest BCUT2D eigenvalue weighted by molar-refractivity contribution is 0.264. The van der Waals surface area contributed by atoms with Crippen molar-refractivity contribution in [2.24, 2.45) is 5.73 Å². The molecular weight excluding hydrogens is 308 g/mol. The number of sulfonamides is 1. The van der Waals surface area contributed by atoms with Crippen molar-refractivity contribution in [1.82, 2.24) is 4.31 Å². The van der Waals surface area contributed by atoms with Crippen LogP contribution in [0, 0.1) is 0 Å². The first-order valence-corrected chi connectivity index (χ1v) is 8.84. The highest BCUT2D eigenvalue weighted by Gasteiger charge is 2.34. The van der Waals surface area contributed by atoms with Crippen molar-refractivity contribution >= 4 is 27.2 Å². The Hall–Kier alpha value is -1.02. The lowest BCUT2D eigenvalue weighted by Crippen LogP contribution is -2.35. The summed E-state index contributed by atoms with van der Waals surface area (Å²) in [5.41, 5.74) is 6.12. The molecule has 1 aromatic rings. The number of rotatable bonds is 6. The molecule has 1 saturated heterocycles. The molecule has 116 valence electrons. The fourth-order valence-corrected chi connectivity index (χ4v) is 4.58. The van der Waals surface area contributed by atoms with E-state index in [4.69, 9.17) is 23.1 Å². The van der Waals surface area contributed by atoms with Crippen molar-refractivity contribution in [2.45, 2.75) is 36.6 Å². The third kappa shape index (κ3) is 3.60. The summed E-state index contributed by atoms with van der Waals surface area (Å²) in [4.78, 5) is 0.411. The van der Waals surface area contributed by atoms with E-state index in [1.165, 1.54) is 6.07 Å². The van der Waals surface area contributed by atoms with Crippen LogP contribution >= 0.6 is 12.2 Å². The summed E-state index contributed by atoms with van der Waals surface area (Å²) in [7, 11) is -3.54. The monoisotopic (exact) mass is 328 g/mol. The first-order chi connectivity index (χ1) is 9.96. The largest absolute Gasteiger partial charge is 0.396 e. The Kier molecular flexibility index (Phi) is 5.32. The summed E-state index contributed by atoms with van der Waals surface area (Å²) >= 11 is 4.90. The lowest BCUT2D eigenvalue weighted by atomic mass is 10.1. The molecule has 0 radical (unpaired) electrons. The molecule has 1 aromatic carbocycles. The molecule has 7 heteroatoms. The third-order valence-electron chi connectivity index (χ3n) is 3.74. The van der Waals surface area contributed by atoms with Crippen LogP contribution in [-0.2, 0) is 10.0 Å². The van der Waals surface area contributed by atoms with Gasteiger partial charge in [-0.1, -0.05) is 24.4 Å². The molecule has 1 heterocycles. The van der Waals surface area contributed by atoms with Gasteiger partial charge >= 0.3 is 0 Å². The Labute approximate surface area is 130 Å². The number of hydrogen-bond donors (Lipinski definition) is 2. The molecule has 0 amide bonds. The predicted octanol–water partition coefficient (Wildman–Crippen LogP) is 1.25. The van der Waals surface area contributed by atoms with Crippen LogP contribution < -0.4 is 5.73 Å². The van der Waals surface area contributed by atoms with E-state index < -0.39 is 10.0 Å².